The lowest BCUT2D eigenvalue weighted by Crippen LogP contribution is -2.05. The van der Waals surface area contributed by atoms with Crippen molar-refractivity contribution >= 4 is 0 Å². The molecule has 0 amide bonds. The quantitative estimate of drug-likeness (QED) is 0.882. The van der Waals surface area contributed by atoms with E-state index in [1.165, 1.54) is 0 Å². The third-order valence-electron chi connectivity index (χ3n) is 2.89. The predicted octanol–water partition coefficient (Wildman–Crippen LogP) is 2.89. The van der Waals surface area contributed by atoms with E-state index in [1.807, 2.05) is 25.5 Å². The molecule has 0 unspecified atom stereocenters. The van der Waals surface area contributed by atoms with E-state index in [4.69, 9.17) is 4.74 Å². The number of nitrogens with zero attached hydrogens (tertiary/aromatic N) is 2. The van der Waals surface area contributed by atoms with Crippen molar-refractivity contribution in [3.05, 3.63) is 42.0 Å². The van der Waals surface area contributed by atoms with Crippen molar-refractivity contribution in [1.29, 1.82) is 0 Å². The first-order chi connectivity index (χ1) is 8.72. The van der Waals surface area contributed by atoms with Crippen molar-refractivity contribution < 1.29 is 9.84 Å². The van der Waals surface area contributed by atoms with Crippen molar-refractivity contribution in [3.63, 3.8) is 0 Å². The minimum atomic E-state index is 0.259. The highest BCUT2D eigenvalue weighted by atomic mass is 16.5. The first-order valence-electron chi connectivity index (χ1n) is 6.12. The molecule has 0 aliphatic carbocycles. The molecule has 0 fully saturated rings. The number of hydrogen-bond donors (Lipinski definition) is 1. The molecular weight excluding hydrogens is 228 g/mol. The largest absolute Gasteiger partial charge is 0.508 e. The number of rotatable bonds is 5. The number of aromatic hydroxyl groups is 1. The zero-order chi connectivity index (χ0) is 13.0. The van der Waals surface area contributed by atoms with Crippen LogP contribution >= 0.6 is 0 Å². The molecule has 18 heavy (non-hydrogen) atoms. The maximum Gasteiger partial charge on any atom is 0.130 e. The lowest BCUT2D eigenvalue weighted by molar-refractivity contribution is 0.290. The molecule has 4 nitrogen and oxygen atoms in total. The van der Waals surface area contributed by atoms with Crippen LogP contribution in [0.2, 0.25) is 0 Å². The summed E-state index contributed by atoms with van der Waals surface area (Å²) < 4.78 is 7.81. The molecule has 2 aromatic rings. The number of hydrogen-bond acceptors (Lipinski definition) is 3. The number of aryl methyl sites for hydroxylation is 1. The smallest absolute Gasteiger partial charge is 0.130 e. The lowest BCUT2D eigenvalue weighted by Gasteiger charge is -2.11. The van der Waals surface area contributed by atoms with E-state index >= 15 is 0 Å². The van der Waals surface area contributed by atoms with Crippen molar-refractivity contribution in [1.82, 2.24) is 9.55 Å². The fourth-order valence-corrected chi connectivity index (χ4v) is 1.82. The van der Waals surface area contributed by atoms with Crippen LogP contribution in [-0.2, 0) is 13.2 Å². The summed E-state index contributed by atoms with van der Waals surface area (Å²) in [4.78, 5) is 4.13. The Morgan fingerprint density at radius 3 is 3.00 bits per heavy atom. The van der Waals surface area contributed by atoms with Gasteiger partial charge in [-0.15, -0.1) is 0 Å². The van der Waals surface area contributed by atoms with Crippen molar-refractivity contribution in [2.45, 2.75) is 33.4 Å². The number of ether oxygens (including phenoxy) is 1. The highest BCUT2D eigenvalue weighted by molar-refractivity contribution is 5.42. The zero-order valence-corrected chi connectivity index (χ0v) is 10.8. The van der Waals surface area contributed by atoms with Gasteiger partial charge in [0.2, 0.25) is 0 Å². The van der Waals surface area contributed by atoms with Crippen molar-refractivity contribution in [3.8, 4) is 11.5 Å². The molecule has 0 saturated carbocycles. The maximum atomic E-state index is 9.60. The summed E-state index contributed by atoms with van der Waals surface area (Å²) in [7, 11) is 0. The van der Waals surface area contributed by atoms with Crippen molar-refractivity contribution in [2.75, 3.05) is 0 Å². The van der Waals surface area contributed by atoms with E-state index in [-0.39, 0.29) is 5.75 Å². The average Bonchev–Trinajstić information content (AvgIpc) is 2.79. The van der Waals surface area contributed by atoms with Crippen LogP contribution in [0, 0.1) is 6.92 Å². The average molecular weight is 246 g/mol. The number of imidazole rings is 1. The summed E-state index contributed by atoms with van der Waals surface area (Å²) in [6.45, 7) is 5.38. The fourth-order valence-electron chi connectivity index (χ4n) is 1.82. The molecule has 1 N–H and O–H groups in total. The highest BCUT2D eigenvalue weighted by Gasteiger charge is 2.06. The molecule has 0 spiro atoms. The maximum absolute atomic E-state index is 9.60. The molecule has 1 heterocycles. The lowest BCUT2D eigenvalue weighted by atomic mass is 10.2. The Balaban J connectivity index is 2.07. The third-order valence-corrected chi connectivity index (χ3v) is 2.89. The van der Waals surface area contributed by atoms with Gasteiger partial charge in [0, 0.05) is 12.1 Å². The third kappa shape index (κ3) is 2.64. The van der Waals surface area contributed by atoms with Gasteiger partial charge in [-0.2, -0.15) is 0 Å². The Kier molecular flexibility index (Phi) is 3.87. The minimum Gasteiger partial charge on any atom is -0.508 e. The molecule has 1 aromatic carbocycles. The fraction of sp³-hybridized carbons (Fsp3) is 0.357. The summed E-state index contributed by atoms with van der Waals surface area (Å²) in [6.07, 6.45) is 4.69. The van der Waals surface area contributed by atoms with Crippen LogP contribution in [0.4, 0.5) is 0 Å². The normalized spacial score (nSPS) is 10.6. The van der Waals surface area contributed by atoms with Crippen molar-refractivity contribution in [2.24, 2.45) is 0 Å². The van der Waals surface area contributed by atoms with Crippen LogP contribution in [0.1, 0.15) is 24.6 Å². The first kappa shape index (κ1) is 12.5. The Labute approximate surface area is 107 Å². The summed E-state index contributed by atoms with van der Waals surface area (Å²) in [5.41, 5.74) is 1.80. The summed E-state index contributed by atoms with van der Waals surface area (Å²) in [5, 5.41) is 9.60. The Morgan fingerprint density at radius 2 is 2.22 bits per heavy atom. The second-order valence-corrected chi connectivity index (χ2v) is 4.27. The van der Waals surface area contributed by atoms with Gasteiger partial charge in [-0.1, -0.05) is 13.0 Å². The van der Waals surface area contributed by atoms with Crippen LogP contribution < -0.4 is 4.74 Å². The van der Waals surface area contributed by atoms with E-state index < -0.39 is 0 Å². The van der Waals surface area contributed by atoms with E-state index in [2.05, 4.69) is 16.5 Å². The predicted molar refractivity (Wildman–Crippen MR) is 69.7 cm³/mol. The summed E-state index contributed by atoms with van der Waals surface area (Å²) >= 11 is 0. The monoisotopic (exact) mass is 246 g/mol. The molecule has 0 atom stereocenters. The molecular formula is C14H18N2O2. The van der Waals surface area contributed by atoms with Gasteiger partial charge in [0.25, 0.3) is 0 Å². The molecule has 0 radical (unpaired) electrons. The number of benzene rings is 1. The topological polar surface area (TPSA) is 47.3 Å². The van der Waals surface area contributed by atoms with E-state index in [9.17, 15) is 5.11 Å². The number of phenolic OH excluding ortho intramolecular Hbond substituents is 1. The van der Waals surface area contributed by atoms with E-state index in [0.29, 0.717) is 12.4 Å². The van der Waals surface area contributed by atoms with Crippen LogP contribution in [-0.4, -0.2) is 14.7 Å². The Morgan fingerprint density at radius 1 is 1.39 bits per heavy atom. The molecule has 0 saturated heterocycles. The highest BCUT2D eigenvalue weighted by Crippen LogP contribution is 2.26. The second kappa shape index (κ2) is 5.58. The molecule has 0 aliphatic rings. The van der Waals surface area contributed by atoms with Gasteiger partial charge in [-0.05, 0) is 25.5 Å². The van der Waals surface area contributed by atoms with Gasteiger partial charge in [0.1, 0.15) is 18.1 Å². The van der Waals surface area contributed by atoms with Gasteiger partial charge >= 0.3 is 0 Å². The first-order valence-corrected chi connectivity index (χ1v) is 6.12. The van der Waals surface area contributed by atoms with Crippen LogP contribution in [0.25, 0.3) is 0 Å². The summed E-state index contributed by atoms with van der Waals surface area (Å²) in [5.74, 6) is 0.966. The molecule has 0 bridgehead atoms. The molecule has 2 rings (SSSR count). The second-order valence-electron chi connectivity index (χ2n) is 4.27. The minimum absolute atomic E-state index is 0.259. The number of aromatic nitrogens is 2. The van der Waals surface area contributed by atoms with Gasteiger partial charge in [0.05, 0.1) is 18.2 Å². The van der Waals surface area contributed by atoms with Gasteiger partial charge in [-0.3, -0.25) is 0 Å². The SMILES string of the molecule is CCCn1cncc1COc1cccc(O)c1C. The molecule has 0 aliphatic heterocycles. The molecule has 96 valence electrons. The van der Waals surface area contributed by atoms with Gasteiger partial charge in [-0.25, -0.2) is 4.98 Å². The Hall–Kier alpha value is -1.97. The molecule has 1 aromatic heterocycles. The standard InChI is InChI=1S/C14H18N2O2/c1-3-7-16-10-15-8-12(16)9-18-14-6-4-5-13(17)11(14)2/h4-6,8,10,17H,3,7,9H2,1-2H3. The van der Waals surface area contributed by atoms with Crippen LogP contribution in [0.15, 0.2) is 30.7 Å². The summed E-state index contributed by atoms with van der Waals surface area (Å²) in [6, 6.07) is 5.29. The zero-order valence-electron chi connectivity index (χ0n) is 10.8. The van der Waals surface area contributed by atoms with Gasteiger partial charge in [0.15, 0.2) is 0 Å². The Bertz CT molecular complexity index is 520. The van der Waals surface area contributed by atoms with E-state index in [0.717, 1.165) is 24.2 Å². The van der Waals surface area contributed by atoms with Crippen LogP contribution in [0.5, 0.6) is 11.5 Å². The number of phenols is 1. The molecule has 4 heteroatoms. The van der Waals surface area contributed by atoms with E-state index in [1.54, 1.807) is 12.1 Å². The van der Waals surface area contributed by atoms with Crippen LogP contribution in [0.3, 0.4) is 0 Å². The van der Waals surface area contributed by atoms with Gasteiger partial charge < -0.3 is 14.4 Å².